The Kier molecular flexibility index (Phi) is 6.22. The zero-order valence-corrected chi connectivity index (χ0v) is 18.2. The fraction of sp³-hybridized carbons (Fsp3) is 0.476. The number of aromatic nitrogens is 2. The highest BCUT2D eigenvalue weighted by molar-refractivity contribution is 6.34. The molecule has 1 aromatic heterocycles. The van der Waals surface area contributed by atoms with Crippen molar-refractivity contribution < 1.29 is 9.72 Å². The Balaban J connectivity index is 1.37. The lowest BCUT2D eigenvalue weighted by Gasteiger charge is -2.36. The van der Waals surface area contributed by atoms with Crippen LogP contribution in [-0.2, 0) is 0 Å². The fourth-order valence-electron chi connectivity index (χ4n) is 4.18. The molecule has 2 aliphatic rings. The zero-order valence-electron chi connectivity index (χ0n) is 17.4. The van der Waals surface area contributed by atoms with E-state index in [9.17, 15) is 14.9 Å². The summed E-state index contributed by atoms with van der Waals surface area (Å²) >= 11 is 6.12. The minimum atomic E-state index is -0.531. The maximum absolute atomic E-state index is 12.8. The number of piperazine rings is 1. The number of nitro groups is 1. The van der Waals surface area contributed by atoms with Crippen molar-refractivity contribution in [2.45, 2.75) is 32.2 Å². The van der Waals surface area contributed by atoms with Gasteiger partial charge in [-0.15, -0.1) is 10.2 Å². The molecule has 9 nitrogen and oxygen atoms in total. The molecule has 1 amide bonds. The summed E-state index contributed by atoms with van der Waals surface area (Å²) in [4.78, 5) is 29.3. The number of amides is 1. The normalized spacial score (nSPS) is 19.4. The Morgan fingerprint density at radius 2 is 1.77 bits per heavy atom. The van der Waals surface area contributed by atoms with Crippen molar-refractivity contribution in [1.82, 2.24) is 15.1 Å². The van der Waals surface area contributed by atoms with Gasteiger partial charge in [-0.2, -0.15) is 0 Å². The molecule has 3 heterocycles. The lowest BCUT2D eigenvalue weighted by Crippen LogP contribution is -2.49. The van der Waals surface area contributed by atoms with Gasteiger partial charge in [-0.3, -0.25) is 14.9 Å². The van der Waals surface area contributed by atoms with Crippen LogP contribution < -0.4 is 9.80 Å². The predicted molar refractivity (Wildman–Crippen MR) is 119 cm³/mol. The van der Waals surface area contributed by atoms with Gasteiger partial charge in [0, 0.05) is 50.9 Å². The fourth-order valence-corrected chi connectivity index (χ4v) is 4.43. The molecule has 0 radical (unpaired) electrons. The van der Waals surface area contributed by atoms with E-state index in [0.717, 1.165) is 18.2 Å². The van der Waals surface area contributed by atoms with Crippen molar-refractivity contribution in [3.8, 4) is 0 Å². The number of nitro benzene ring substituents is 1. The number of hydrogen-bond acceptors (Lipinski definition) is 7. The first kappa shape index (κ1) is 21.3. The number of hydrogen-bond donors (Lipinski definition) is 0. The van der Waals surface area contributed by atoms with Crippen LogP contribution in [-0.4, -0.2) is 64.7 Å². The average Bonchev–Trinajstić information content (AvgIpc) is 2.79. The third-order valence-electron chi connectivity index (χ3n) is 6.02. The maximum atomic E-state index is 12.8. The van der Waals surface area contributed by atoms with Crippen LogP contribution in [0.1, 0.15) is 36.5 Å². The van der Waals surface area contributed by atoms with Gasteiger partial charge in [0.25, 0.3) is 11.6 Å². The molecule has 31 heavy (non-hydrogen) atoms. The monoisotopic (exact) mass is 444 g/mol. The highest BCUT2D eigenvalue weighted by Gasteiger charge is 2.26. The van der Waals surface area contributed by atoms with Crippen LogP contribution in [0.4, 0.5) is 17.3 Å². The number of carbonyl (C=O) groups is 1. The van der Waals surface area contributed by atoms with Gasteiger partial charge in [0.2, 0.25) is 0 Å². The van der Waals surface area contributed by atoms with Crippen LogP contribution in [0.2, 0.25) is 5.02 Å². The number of nitrogens with zero attached hydrogens (tertiary/aromatic N) is 6. The van der Waals surface area contributed by atoms with Gasteiger partial charge in [-0.25, -0.2) is 0 Å². The Bertz CT molecular complexity index is 962. The molecular formula is C21H25ClN6O3. The first-order valence-corrected chi connectivity index (χ1v) is 10.9. The largest absolute Gasteiger partial charge is 0.352 e. The van der Waals surface area contributed by atoms with E-state index in [1.807, 2.05) is 12.1 Å². The summed E-state index contributed by atoms with van der Waals surface area (Å²) < 4.78 is 0. The second-order valence-electron chi connectivity index (χ2n) is 7.99. The van der Waals surface area contributed by atoms with E-state index in [1.165, 1.54) is 37.5 Å². The van der Waals surface area contributed by atoms with Crippen molar-refractivity contribution >= 4 is 34.8 Å². The summed E-state index contributed by atoms with van der Waals surface area (Å²) in [6.45, 7) is 5.52. The first-order chi connectivity index (χ1) is 14.9. The minimum absolute atomic E-state index is 0.0926. The van der Waals surface area contributed by atoms with Gasteiger partial charge < -0.3 is 14.7 Å². The van der Waals surface area contributed by atoms with Crippen molar-refractivity contribution in [2.24, 2.45) is 0 Å². The van der Waals surface area contributed by atoms with Gasteiger partial charge in [0.15, 0.2) is 11.6 Å². The molecule has 4 rings (SSSR count). The van der Waals surface area contributed by atoms with Gasteiger partial charge >= 0.3 is 0 Å². The van der Waals surface area contributed by atoms with E-state index in [-0.39, 0.29) is 22.2 Å². The average molecular weight is 445 g/mol. The topological polar surface area (TPSA) is 95.7 Å². The Morgan fingerprint density at radius 3 is 2.39 bits per heavy atom. The summed E-state index contributed by atoms with van der Waals surface area (Å²) in [5.41, 5.74) is 0.146. The molecule has 2 saturated heterocycles. The molecule has 0 bridgehead atoms. The lowest BCUT2D eigenvalue weighted by atomic mass is 10.0. The molecule has 2 aliphatic heterocycles. The Labute approximate surface area is 185 Å². The molecule has 1 unspecified atom stereocenters. The van der Waals surface area contributed by atoms with E-state index in [1.54, 1.807) is 4.90 Å². The number of non-ortho nitro benzene ring substituents is 1. The highest BCUT2D eigenvalue weighted by atomic mass is 35.5. The van der Waals surface area contributed by atoms with Crippen molar-refractivity contribution in [2.75, 3.05) is 42.5 Å². The standard InChI is InChI=1S/C21H25ClN6O3/c1-15-4-2-3-9-27(15)20-8-7-19(23-24-20)25-10-12-26(13-11-25)21(29)17-6-5-16(28(30)31)14-18(17)22/h5-8,14-15H,2-4,9-13H2,1H3. The zero-order chi connectivity index (χ0) is 22.0. The SMILES string of the molecule is CC1CCCCN1c1ccc(N2CCN(C(=O)c3ccc([N+](=O)[O-])cc3Cl)CC2)nn1. The van der Waals surface area contributed by atoms with Crippen LogP contribution in [0.5, 0.6) is 0 Å². The maximum Gasteiger partial charge on any atom is 0.270 e. The molecular weight excluding hydrogens is 420 g/mol. The predicted octanol–water partition coefficient (Wildman–Crippen LogP) is 3.38. The number of anilines is 2. The Hall–Kier alpha value is -2.94. The van der Waals surface area contributed by atoms with Gasteiger partial charge in [-0.1, -0.05) is 11.6 Å². The van der Waals surface area contributed by atoms with Crippen molar-refractivity contribution in [3.05, 3.63) is 51.0 Å². The molecule has 1 aromatic carbocycles. The van der Waals surface area contributed by atoms with Crippen LogP contribution in [0.15, 0.2) is 30.3 Å². The number of piperidine rings is 1. The molecule has 2 fully saturated rings. The molecule has 10 heteroatoms. The summed E-state index contributed by atoms with van der Waals surface area (Å²) in [5, 5.41) is 19.8. The van der Waals surface area contributed by atoms with Gasteiger partial charge in [0.1, 0.15) is 0 Å². The summed E-state index contributed by atoms with van der Waals surface area (Å²) in [6, 6.07) is 8.43. The summed E-state index contributed by atoms with van der Waals surface area (Å²) in [5.74, 6) is 1.49. The molecule has 0 spiro atoms. The van der Waals surface area contributed by atoms with Crippen LogP contribution in [0.25, 0.3) is 0 Å². The smallest absolute Gasteiger partial charge is 0.270 e. The van der Waals surface area contributed by atoms with Crippen molar-refractivity contribution in [3.63, 3.8) is 0 Å². The number of carbonyl (C=O) groups excluding carboxylic acids is 1. The van der Waals surface area contributed by atoms with E-state index >= 15 is 0 Å². The highest BCUT2D eigenvalue weighted by Crippen LogP contribution is 2.26. The molecule has 2 aromatic rings. The number of rotatable bonds is 4. The van der Waals surface area contributed by atoms with Crippen molar-refractivity contribution in [1.29, 1.82) is 0 Å². The van der Waals surface area contributed by atoms with E-state index in [0.29, 0.717) is 32.2 Å². The van der Waals surface area contributed by atoms with Crippen LogP contribution in [0, 0.1) is 10.1 Å². The van der Waals surface area contributed by atoms with Gasteiger partial charge in [-0.05, 0) is 44.4 Å². The third kappa shape index (κ3) is 4.56. The molecule has 0 N–H and O–H groups in total. The summed E-state index contributed by atoms with van der Waals surface area (Å²) in [7, 11) is 0. The van der Waals surface area contributed by atoms with E-state index < -0.39 is 4.92 Å². The quantitative estimate of drug-likeness (QED) is 0.526. The first-order valence-electron chi connectivity index (χ1n) is 10.5. The Morgan fingerprint density at radius 1 is 1.06 bits per heavy atom. The number of halogens is 1. The third-order valence-corrected chi connectivity index (χ3v) is 6.33. The minimum Gasteiger partial charge on any atom is -0.352 e. The molecule has 0 aliphatic carbocycles. The molecule has 1 atom stereocenters. The lowest BCUT2D eigenvalue weighted by molar-refractivity contribution is -0.384. The second-order valence-corrected chi connectivity index (χ2v) is 8.40. The number of benzene rings is 1. The second kappa shape index (κ2) is 9.05. The van der Waals surface area contributed by atoms with E-state index in [2.05, 4.69) is 26.9 Å². The van der Waals surface area contributed by atoms with E-state index in [4.69, 9.17) is 11.6 Å². The van der Waals surface area contributed by atoms with Gasteiger partial charge in [0.05, 0.1) is 15.5 Å². The van der Waals surface area contributed by atoms with Crippen LogP contribution in [0.3, 0.4) is 0 Å². The summed E-state index contributed by atoms with van der Waals surface area (Å²) in [6.07, 6.45) is 3.62. The molecule has 0 saturated carbocycles. The van der Waals surface area contributed by atoms with Crippen LogP contribution >= 0.6 is 11.6 Å². The molecule has 164 valence electrons.